The van der Waals surface area contributed by atoms with Crippen LogP contribution in [0.4, 0.5) is 0 Å². The van der Waals surface area contributed by atoms with Gasteiger partial charge in [0.2, 0.25) is 0 Å². The second kappa shape index (κ2) is 6.72. The highest BCUT2D eigenvalue weighted by Gasteiger charge is 2.37. The number of likely N-dealkylation sites (tertiary alicyclic amines) is 1. The SMILES string of the molecule is COC(=O)[C@@H](Cc1ccc(O)cc1)N1CCC[C@@H]1C(C)=O. The summed E-state index contributed by atoms with van der Waals surface area (Å²) in [4.78, 5) is 25.8. The number of esters is 1. The van der Waals surface area contributed by atoms with Crippen LogP contribution in [-0.2, 0) is 20.7 Å². The average Bonchev–Trinajstić information content (AvgIpc) is 2.95. The third kappa shape index (κ3) is 3.61. The van der Waals surface area contributed by atoms with Crippen molar-refractivity contribution in [2.75, 3.05) is 13.7 Å². The molecule has 1 aliphatic rings. The largest absolute Gasteiger partial charge is 0.508 e. The molecule has 1 aromatic carbocycles. The highest BCUT2D eigenvalue weighted by Crippen LogP contribution is 2.24. The van der Waals surface area contributed by atoms with Crippen LogP contribution in [-0.4, -0.2) is 47.5 Å². The first-order valence-corrected chi connectivity index (χ1v) is 7.15. The van der Waals surface area contributed by atoms with Crippen LogP contribution in [0.1, 0.15) is 25.3 Å². The minimum atomic E-state index is -0.462. The Balaban J connectivity index is 2.20. The molecule has 5 heteroatoms. The van der Waals surface area contributed by atoms with Gasteiger partial charge in [-0.3, -0.25) is 14.5 Å². The topological polar surface area (TPSA) is 66.8 Å². The fraction of sp³-hybridized carbons (Fsp3) is 0.500. The molecule has 21 heavy (non-hydrogen) atoms. The van der Waals surface area contributed by atoms with Crippen molar-refractivity contribution < 1.29 is 19.4 Å². The lowest BCUT2D eigenvalue weighted by molar-refractivity contribution is -0.148. The van der Waals surface area contributed by atoms with E-state index in [-0.39, 0.29) is 23.5 Å². The van der Waals surface area contributed by atoms with Crippen LogP contribution in [0.2, 0.25) is 0 Å². The zero-order chi connectivity index (χ0) is 15.4. The second-order valence-corrected chi connectivity index (χ2v) is 5.42. The Morgan fingerprint density at radius 3 is 2.62 bits per heavy atom. The third-order valence-electron chi connectivity index (χ3n) is 4.00. The molecule has 1 aromatic rings. The predicted octanol–water partition coefficient (Wildman–Crippen LogP) is 1.53. The van der Waals surface area contributed by atoms with Gasteiger partial charge in [0.25, 0.3) is 0 Å². The maximum atomic E-state index is 12.1. The van der Waals surface area contributed by atoms with E-state index in [9.17, 15) is 14.7 Å². The maximum Gasteiger partial charge on any atom is 0.323 e. The van der Waals surface area contributed by atoms with Crippen LogP contribution in [0.5, 0.6) is 5.75 Å². The van der Waals surface area contributed by atoms with E-state index in [0.29, 0.717) is 6.42 Å². The zero-order valence-corrected chi connectivity index (χ0v) is 12.4. The molecule has 1 N–H and O–H groups in total. The molecule has 0 aromatic heterocycles. The average molecular weight is 291 g/mol. The number of Topliss-reactive ketones (excluding diaryl/α,β-unsaturated/α-hetero) is 1. The van der Waals surface area contributed by atoms with E-state index < -0.39 is 6.04 Å². The van der Waals surface area contributed by atoms with E-state index >= 15 is 0 Å². The number of benzene rings is 1. The molecule has 0 amide bonds. The van der Waals surface area contributed by atoms with Gasteiger partial charge in [-0.05, 0) is 50.4 Å². The van der Waals surface area contributed by atoms with Gasteiger partial charge in [0.1, 0.15) is 17.6 Å². The van der Waals surface area contributed by atoms with E-state index in [4.69, 9.17) is 4.74 Å². The number of ketones is 1. The first kappa shape index (κ1) is 15.5. The van der Waals surface area contributed by atoms with E-state index in [1.165, 1.54) is 7.11 Å². The number of carbonyl (C=O) groups excluding carboxylic acids is 2. The van der Waals surface area contributed by atoms with Gasteiger partial charge in [0.05, 0.1) is 13.2 Å². The summed E-state index contributed by atoms with van der Waals surface area (Å²) in [6.45, 7) is 2.29. The molecule has 114 valence electrons. The molecule has 0 radical (unpaired) electrons. The fourth-order valence-corrected chi connectivity index (χ4v) is 2.93. The summed E-state index contributed by atoms with van der Waals surface area (Å²) < 4.78 is 4.91. The number of nitrogens with zero attached hydrogens (tertiary/aromatic N) is 1. The number of methoxy groups -OCH3 is 1. The smallest absolute Gasteiger partial charge is 0.323 e. The Labute approximate surface area is 124 Å². The molecule has 0 unspecified atom stereocenters. The first-order chi connectivity index (χ1) is 10.0. The lowest BCUT2D eigenvalue weighted by Crippen LogP contribution is -2.48. The van der Waals surface area contributed by atoms with Gasteiger partial charge in [0.15, 0.2) is 0 Å². The van der Waals surface area contributed by atoms with Crippen molar-refractivity contribution in [2.45, 2.75) is 38.3 Å². The quantitative estimate of drug-likeness (QED) is 0.833. The standard InChI is InChI=1S/C16H21NO4/c1-11(18)14-4-3-9-17(14)15(16(20)21-2)10-12-5-7-13(19)8-6-12/h5-8,14-15,19H,3-4,9-10H2,1-2H3/t14-,15-/m1/s1. The highest BCUT2D eigenvalue weighted by atomic mass is 16.5. The molecule has 1 saturated heterocycles. The predicted molar refractivity (Wildman–Crippen MR) is 78.0 cm³/mol. The summed E-state index contributed by atoms with van der Waals surface area (Å²) in [5.41, 5.74) is 0.928. The number of carbonyl (C=O) groups is 2. The van der Waals surface area contributed by atoms with Crippen molar-refractivity contribution in [1.29, 1.82) is 0 Å². The molecule has 0 saturated carbocycles. The molecular weight excluding hydrogens is 270 g/mol. The summed E-state index contributed by atoms with van der Waals surface area (Å²) >= 11 is 0. The molecule has 0 spiro atoms. The molecule has 2 atom stereocenters. The van der Waals surface area contributed by atoms with Crippen LogP contribution in [0.3, 0.4) is 0 Å². The van der Waals surface area contributed by atoms with Crippen molar-refractivity contribution >= 4 is 11.8 Å². The Morgan fingerprint density at radius 2 is 2.05 bits per heavy atom. The Hall–Kier alpha value is -1.88. The number of hydrogen-bond acceptors (Lipinski definition) is 5. The summed E-state index contributed by atoms with van der Waals surface area (Å²) in [6.07, 6.45) is 2.17. The molecule has 5 nitrogen and oxygen atoms in total. The van der Waals surface area contributed by atoms with E-state index in [1.807, 2.05) is 4.90 Å². The van der Waals surface area contributed by atoms with E-state index in [2.05, 4.69) is 0 Å². The number of aromatic hydroxyl groups is 1. The molecular formula is C16H21NO4. The van der Waals surface area contributed by atoms with Crippen LogP contribution < -0.4 is 0 Å². The van der Waals surface area contributed by atoms with Gasteiger partial charge in [0, 0.05) is 0 Å². The minimum absolute atomic E-state index is 0.0899. The number of hydrogen-bond donors (Lipinski definition) is 1. The lowest BCUT2D eigenvalue weighted by Gasteiger charge is -2.30. The summed E-state index contributed by atoms with van der Waals surface area (Å²) in [5.74, 6) is -0.0421. The van der Waals surface area contributed by atoms with Crippen LogP contribution in [0, 0.1) is 0 Å². The molecule has 0 aliphatic carbocycles. The first-order valence-electron chi connectivity index (χ1n) is 7.15. The van der Waals surface area contributed by atoms with Crippen molar-refractivity contribution in [1.82, 2.24) is 4.90 Å². The van der Waals surface area contributed by atoms with Gasteiger partial charge < -0.3 is 9.84 Å². The summed E-state index contributed by atoms with van der Waals surface area (Å²) in [5, 5.41) is 9.33. The van der Waals surface area contributed by atoms with Crippen LogP contribution in [0.15, 0.2) is 24.3 Å². The summed E-state index contributed by atoms with van der Waals surface area (Å²) in [6, 6.07) is 6.09. The Kier molecular flexibility index (Phi) is 4.96. The fourth-order valence-electron chi connectivity index (χ4n) is 2.93. The van der Waals surface area contributed by atoms with Gasteiger partial charge in [-0.2, -0.15) is 0 Å². The molecule has 0 bridgehead atoms. The number of phenols is 1. The number of phenolic OH excluding ortho intramolecular Hbond substituents is 1. The Morgan fingerprint density at radius 1 is 1.38 bits per heavy atom. The highest BCUT2D eigenvalue weighted by molar-refractivity contribution is 5.83. The van der Waals surface area contributed by atoms with Gasteiger partial charge in [-0.15, -0.1) is 0 Å². The Bertz CT molecular complexity index is 512. The molecule has 1 fully saturated rings. The number of rotatable bonds is 5. The third-order valence-corrected chi connectivity index (χ3v) is 4.00. The number of ether oxygens (including phenoxy) is 1. The summed E-state index contributed by atoms with van der Waals surface area (Å²) in [7, 11) is 1.37. The van der Waals surface area contributed by atoms with Gasteiger partial charge >= 0.3 is 5.97 Å². The maximum absolute atomic E-state index is 12.1. The lowest BCUT2D eigenvalue weighted by atomic mass is 10.0. The van der Waals surface area contributed by atoms with Crippen LogP contribution >= 0.6 is 0 Å². The van der Waals surface area contributed by atoms with Gasteiger partial charge in [-0.25, -0.2) is 0 Å². The monoisotopic (exact) mass is 291 g/mol. The minimum Gasteiger partial charge on any atom is -0.508 e. The van der Waals surface area contributed by atoms with Crippen molar-refractivity contribution in [3.63, 3.8) is 0 Å². The van der Waals surface area contributed by atoms with E-state index in [0.717, 1.165) is 24.9 Å². The van der Waals surface area contributed by atoms with Gasteiger partial charge in [-0.1, -0.05) is 12.1 Å². The van der Waals surface area contributed by atoms with Crippen molar-refractivity contribution in [3.05, 3.63) is 29.8 Å². The van der Waals surface area contributed by atoms with Crippen LogP contribution in [0.25, 0.3) is 0 Å². The molecule has 1 heterocycles. The zero-order valence-electron chi connectivity index (χ0n) is 12.4. The molecule has 2 rings (SSSR count). The van der Waals surface area contributed by atoms with E-state index in [1.54, 1.807) is 31.2 Å². The second-order valence-electron chi connectivity index (χ2n) is 5.42. The van der Waals surface area contributed by atoms with Crippen molar-refractivity contribution in [3.8, 4) is 5.75 Å². The molecule has 1 aliphatic heterocycles. The van der Waals surface area contributed by atoms with Crippen molar-refractivity contribution in [2.24, 2.45) is 0 Å². The normalized spacial score (nSPS) is 20.2.